The molecule has 0 aliphatic rings. The summed E-state index contributed by atoms with van der Waals surface area (Å²) < 4.78 is 14.8. The molecule has 5 aromatic heterocycles. The van der Waals surface area contributed by atoms with Gasteiger partial charge in [0.25, 0.3) is 0 Å². The summed E-state index contributed by atoms with van der Waals surface area (Å²) in [4.78, 5) is 21.6. The zero-order valence-corrected chi connectivity index (χ0v) is 16.1. The Morgan fingerprint density at radius 2 is 1.90 bits per heavy atom. The Morgan fingerprint density at radius 3 is 2.73 bits per heavy atom. The van der Waals surface area contributed by atoms with E-state index in [1.807, 2.05) is 29.6 Å². The van der Waals surface area contributed by atoms with Crippen LogP contribution in [0.2, 0.25) is 0 Å². The average Bonchev–Trinajstić information content (AvgIpc) is 3.52. The van der Waals surface area contributed by atoms with E-state index >= 15 is 0 Å². The number of pyridine rings is 1. The molecule has 2 N–H and O–H groups in total. The van der Waals surface area contributed by atoms with Gasteiger partial charge in [0.1, 0.15) is 28.7 Å². The second-order valence-corrected chi connectivity index (χ2v) is 7.65. The van der Waals surface area contributed by atoms with Crippen LogP contribution in [0.3, 0.4) is 0 Å². The molecular weight excluding hydrogens is 401 g/mol. The van der Waals surface area contributed by atoms with Crippen molar-refractivity contribution in [2.45, 2.75) is 0 Å². The SMILES string of the molecule is Fc1cc(-c2cncnc2)cc2c(-c3nc4c(-c5cccs5)nccc4[nH]3)[nH]nc12. The molecule has 0 aliphatic carbocycles. The maximum atomic E-state index is 14.8. The topological polar surface area (TPSA) is 96.0 Å². The molecule has 5 heterocycles. The van der Waals surface area contributed by atoms with E-state index in [9.17, 15) is 4.39 Å². The number of H-pyrrole nitrogens is 2. The van der Waals surface area contributed by atoms with Crippen LogP contribution >= 0.6 is 11.3 Å². The predicted octanol–water partition coefficient (Wildman–Crippen LogP) is 4.83. The minimum Gasteiger partial charge on any atom is -0.337 e. The zero-order valence-electron chi connectivity index (χ0n) is 15.3. The number of benzene rings is 1. The summed E-state index contributed by atoms with van der Waals surface area (Å²) in [5.74, 6) is 0.144. The molecule has 6 rings (SSSR count). The first-order valence-electron chi connectivity index (χ1n) is 9.10. The molecule has 144 valence electrons. The van der Waals surface area contributed by atoms with Crippen molar-refractivity contribution < 1.29 is 4.39 Å². The molecule has 0 atom stereocenters. The lowest BCUT2D eigenvalue weighted by Gasteiger charge is -2.02. The summed E-state index contributed by atoms with van der Waals surface area (Å²) in [6, 6.07) is 9.16. The van der Waals surface area contributed by atoms with E-state index in [-0.39, 0.29) is 5.52 Å². The van der Waals surface area contributed by atoms with Crippen LogP contribution in [0.4, 0.5) is 4.39 Å². The Labute approximate surface area is 172 Å². The quantitative estimate of drug-likeness (QED) is 0.433. The zero-order chi connectivity index (χ0) is 20.1. The number of aromatic nitrogens is 7. The molecule has 0 fully saturated rings. The van der Waals surface area contributed by atoms with Crippen LogP contribution in [-0.4, -0.2) is 35.1 Å². The van der Waals surface area contributed by atoms with E-state index in [2.05, 4.69) is 30.1 Å². The fraction of sp³-hybridized carbons (Fsp3) is 0. The van der Waals surface area contributed by atoms with E-state index in [0.29, 0.717) is 22.5 Å². The lowest BCUT2D eigenvalue weighted by Crippen LogP contribution is -1.86. The summed E-state index contributed by atoms with van der Waals surface area (Å²) in [6.07, 6.45) is 6.48. The van der Waals surface area contributed by atoms with Crippen molar-refractivity contribution >= 4 is 33.3 Å². The van der Waals surface area contributed by atoms with Crippen molar-refractivity contribution in [3.05, 3.63) is 66.4 Å². The van der Waals surface area contributed by atoms with Crippen molar-refractivity contribution in [2.75, 3.05) is 0 Å². The van der Waals surface area contributed by atoms with Crippen molar-refractivity contribution in [1.29, 1.82) is 0 Å². The highest BCUT2D eigenvalue weighted by Crippen LogP contribution is 2.34. The van der Waals surface area contributed by atoms with Gasteiger partial charge in [-0.15, -0.1) is 11.3 Å². The Morgan fingerprint density at radius 1 is 1.00 bits per heavy atom. The smallest absolute Gasteiger partial charge is 0.157 e. The third kappa shape index (κ3) is 2.60. The maximum Gasteiger partial charge on any atom is 0.157 e. The highest BCUT2D eigenvalue weighted by atomic mass is 32.1. The monoisotopic (exact) mass is 413 g/mol. The molecule has 0 bridgehead atoms. The Hall–Kier alpha value is -3.98. The number of hydrogen-bond acceptors (Lipinski definition) is 6. The molecule has 0 aliphatic heterocycles. The van der Waals surface area contributed by atoms with Crippen LogP contribution in [-0.2, 0) is 0 Å². The molecule has 7 nitrogen and oxygen atoms in total. The molecular formula is C21H12FN7S. The Balaban J connectivity index is 1.56. The predicted molar refractivity (Wildman–Crippen MR) is 113 cm³/mol. The summed E-state index contributed by atoms with van der Waals surface area (Å²) in [5, 5.41) is 9.73. The first kappa shape index (κ1) is 16.9. The van der Waals surface area contributed by atoms with Crippen LogP contribution in [0.15, 0.2) is 60.6 Å². The van der Waals surface area contributed by atoms with Crippen LogP contribution < -0.4 is 0 Å². The molecule has 0 saturated carbocycles. The van der Waals surface area contributed by atoms with Gasteiger partial charge in [-0.1, -0.05) is 6.07 Å². The number of thiophene rings is 1. The number of nitrogens with zero attached hydrogens (tertiary/aromatic N) is 5. The van der Waals surface area contributed by atoms with E-state index in [1.165, 1.54) is 12.4 Å². The highest BCUT2D eigenvalue weighted by Gasteiger charge is 2.18. The summed E-state index contributed by atoms with van der Waals surface area (Å²) in [5.41, 5.74) is 4.66. The van der Waals surface area contributed by atoms with E-state index in [0.717, 1.165) is 27.2 Å². The molecule has 0 amide bonds. The second kappa shape index (κ2) is 6.53. The van der Waals surface area contributed by atoms with Gasteiger partial charge in [-0.3, -0.25) is 10.1 Å². The van der Waals surface area contributed by atoms with Gasteiger partial charge in [-0.05, 0) is 35.2 Å². The lowest BCUT2D eigenvalue weighted by atomic mass is 10.1. The fourth-order valence-electron chi connectivity index (χ4n) is 3.52. The second-order valence-electron chi connectivity index (χ2n) is 6.70. The van der Waals surface area contributed by atoms with Crippen molar-refractivity contribution in [3.8, 4) is 33.2 Å². The van der Waals surface area contributed by atoms with Gasteiger partial charge in [0, 0.05) is 29.5 Å². The van der Waals surface area contributed by atoms with Crippen LogP contribution in [0.25, 0.3) is 55.2 Å². The minimum absolute atomic E-state index is 0.252. The van der Waals surface area contributed by atoms with E-state index in [4.69, 9.17) is 4.98 Å². The Bertz CT molecular complexity index is 1500. The van der Waals surface area contributed by atoms with Crippen molar-refractivity contribution in [1.82, 2.24) is 35.1 Å². The summed E-state index contributed by atoms with van der Waals surface area (Å²) in [7, 11) is 0. The molecule has 30 heavy (non-hydrogen) atoms. The lowest BCUT2D eigenvalue weighted by molar-refractivity contribution is 0.636. The molecule has 6 aromatic rings. The fourth-order valence-corrected chi connectivity index (χ4v) is 4.24. The normalized spacial score (nSPS) is 11.5. The number of halogens is 1. The Kier molecular flexibility index (Phi) is 3.68. The standard InChI is InChI=1S/C21H12FN7S/c22-14-7-11(12-8-23-10-24-9-12)6-13-17(14)28-29-18(13)21-26-15-3-4-25-20(19(15)27-21)16-2-1-5-30-16/h1-10H,(H,26,27)(H,28,29). The third-order valence-corrected chi connectivity index (χ3v) is 5.78. The summed E-state index contributed by atoms with van der Waals surface area (Å²) >= 11 is 1.60. The van der Waals surface area contributed by atoms with E-state index < -0.39 is 5.82 Å². The number of fused-ring (bicyclic) bond motifs is 2. The molecule has 0 unspecified atom stereocenters. The van der Waals surface area contributed by atoms with Gasteiger partial charge in [0.2, 0.25) is 0 Å². The van der Waals surface area contributed by atoms with Crippen LogP contribution in [0.5, 0.6) is 0 Å². The molecule has 9 heteroatoms. The van der Waals surface area contributed by atoms with Gasteiger partial charge >= 0.3 is 0 Å². The third-order valence-electron chi connectivity index (χ3n) is 4.90. The van der Waals surface area contributed by atoms with Gasteiger partial charge in [-0.25, -0.2) is 19.3 Å². The minimum atomic E-state index is -0.425. The number of hydrogen-bond donors (Lipinski definition) is 2. The maximum absolute atomic E-state index is 14.8. The molecule has 1 aromatic carbocycles. The van der Waals surface area contributed by atoms with Crippen LogP contribution in [0.1, 0.15) is 0 Å². The largest absolute Gasteiger partial charge is 0.337 e. The first-order valence-corrected chi connectivity index (χ1v) is 9.98. The number of rotatable bonds is 3. The molecule has 0 saturated heterocycles. The van der Waals surface area contributed by atoms with Gasteiger partial charge in [0.05, 0.1) is 10.4 Å². The van der Waals surface area contributed by atoms with Gasteiger partial charge in [-0.2, -0.15) is 5.10 Å². The first-order chi connectivity index (χ1) is 14.8. The number of nitrogens with one attached hydrogen (secondary N) is 2. The van der Waals surface area contributed by atoms with Crippen molar-refractivity contribution in [3.63, 3.8) is 0 Å². The number of aromatic amines is 2. The van der Waals surface area contributed by atoms with E-state index in [1.54, 1.807) is 29.9 Å². The van der Waals surface area contributed by atoms with Gasteiger partial charge in [0.15, 0.2) is 11.6 Å². The van der Waals surface area contributed by atoms with Crippen LogP contribution in [0, 0.1) is 5.82 Å². The molecule has 0 radical (unpaired) electrons. The van der Waals surface area contributed by atoms with Gasteiger partial charge < -0.3 is 4.98 Å². The van der Waals surface area contributed by atoms with Crippen molar-refractivity contribution in [2.24, 2.45) is 0 Å². The highest BCUT2D eigenvalue weighted by molar-refractivity contribution is 7.13. The summed E-state index contributed by atoms with van der Waals surface area (Å²) in [6.45, 7) is 0. The molecule has 0 spiro atoms. The number of imidazole rings is 1. The average molecular weight is 413 g/mol.